The van der Waals surface area contributed by atoms with Crippen molar-refractivity contribution >= 4 is 11.9 Å². The van der Waals surface area contributed by atoms with Crippen LogP contribution in [0.25, 0.3) is 0 Å². The molecule has 140 valence electrons. The first-order valence-electron chi connectivity index (χ1n) is 9.10. The summed E-state index contributed by atoms with van der Waals surface area (Å²) in [5.41, 5.74) is 0. The van der Waals surface area contributed by atoms with Crippen LogP contribution in [0.5, 0.6) is 11.5 Å². The molecule has 1 rings (SSSR count). The summed E-state index contributed by atoms with van der Waals surface area (Å²) in [6.45, 7) is 4.74. The maximum atomic E-state index is 11.9. The Balaban J connectivity index is 2.25. The highest BCUT2D eigenvalue weighted by molar-refractivity contribution is 5.74. The van der Waals surface area contributed by atoms with Crippen molar-refractivity contribution in [2.75, 3.05) is 13.7 Å². The van der Waals surface area contributed by atoms with Gasteiger partial charge in [-0.15, -0.1) is 0 Å². The van der Waals surface area contributed by atoms with Gasteiger partial charge in [0.05, 0.1) is 13.7 Å². The molecule has 0 fully saturated rings. The number of benzene rings is 1. The molecule has 0 saturated carbocycles. The lowest BCUT2D eigenvalue weighted by atomic mass is 10.0. The Kier molecular flexibility index (Phi) is 10.4. The standard InChI is InChI=1S/C20H30O5/c1-4-6-10-16(5-2)15-24-19(21)13-9-14-20(22)25-18-12-8-7-11-17(18)23-3/h7-8,11-12,16H,4-6,9-10,13-15H2,1-3H3. The summed E-state index contributed by atoms with van der Waals surface area (Å²) in [6.07, 6.45) is 5.22. The van der Waals surface area contributed by atoms with Crippen LogP contribution >= 0.6 is 0 Å². The molecule has 0 aromatic heterocycles. The minimum Gasteiger partial charge on any atom is -0.493 e. The average Bonchev–Trinajstić information content (AvgIpc) is 2.62. The van der Waals surface area contributed by atoms with Crippen molar-refractivity contribution in [3.05, 3.63) is 24.3 Å². The summed E-state index contributed by atoms with van der Waals surface area (Å²) in [4.78, 5) is 23.6. The summed E-state index contributed by atoms with van der Waals surface area (Å²) in [5.74, 6) is 0.693. The summed E-state index contributed by atoms with van der Waals surface area (Å²) < 4.78 is 15.7. The molecular weight excluding hydrogens is 320 g/mol. The first kappa shape index (κ1) is 21.0. The third-order valence-corrected chi connectivity index (χ3v) is 4.08. The van der Waals surface area contributed by atoms with Gasteiger partial charge < -0.3 is 14.2 Å². The van der Waals surface area contributed by atoms with Gasteiger partial charge >= 0.3 is 11.9 Å². The second-order valence-electron chi connectivity index (χ2n) is 6.08. The van der Waals surface area contributed by atoms with E-state index in [4.69, 9.17) is 14.2 Å². The lowest BCUT2D eigenvalue weighted by Crippen LogP contribution is -2.14. The van der Waals surface area contributed by atoms with Crippen LogP contribution in [-0.2, 0) is 14.3 Å². The fraction of sp³-hybridized carbons (Fsp3) is 0.600. The fourth-order valence-electron chi connectivity index (χ4n) is 2.43. The van der Waals surface area contributed by atoms with Crippen molar-refractivity contribution in [3.63, 3.8) is 0 Å². The monoisotopic (exact) mass is 350 g/mol. The second-order valence-corrected chi connectivity index (χ2v) is 6.08. The molecule has 0 N–H and O–H groups in total. The predicted octanol–water partition coefficient (Wildman–Crippen LogP) is 4.53. The van der Waals surface area contributed by atoms with Gasteiger partial charge in [-0.05, 0) is 30.9 Å². The SMILES string of the molecule is CCCCC(CC)COC(=O)CCCC(=O)Oc1ccccc1OC. The molecule has 1 aromatic rings. The number of carbonyl (C=O) groups is 2. The van der Waals surface area contributed by atoms with Crippen LogP contribution in [0.4, 0.5) is 0 Å². The number of para-hydroxylation sites is 2. The predicted molar refractivity (Wildman–Crippen MR) is 96.7 cm³/mol. The van der Waals surface area contributed by atoms with E-state index in [1.54, 1.807) is 24.3 Å². The number of carbonyl (C=O) groups excluding carboxylic acids is 2. The van der Waals surface area contributed by atoms with Crippen LogP contribution in [0.2, 0.25) is 0 Å². The molecule has 1 unspecified atom stereocenters. The normalized spacial score (nSPS) is 11.6. The zero-order valence-electron chi connectivity index (χ0n) is 15.6. The van der Waals surface area contributed by atoms with Gasteiger partial charge in [0.2, 0.25) is 0 Å². The first-order valence-corrected chi connectivity index (χ1v) is 9.10. The van der Waals surface area contributed by atoms with Crippen LogP contribution in [0.15, 0.2) is 24.3 Å². The largest absolute Gasteiger partial charge is 0.493 e. The number of methoxy groups -OCH3 is 1. The Labute approximate surface area is 150 Å². The molecule has 5 nitrogen and oxygen atoms in total. The Hall–Kier alpha value is -2.04. The Morgan fingerprint density at radius 2 is 1.68 bits per heavy atom. The molecule has 0 aliphatic carbocycles. The van der Waals surface area contributed by atoms with Gasteiger partial charge in [0.1, 0.15) is 0 Å². The van der Waals surface area contributed by atoms with Gasteiger partial charge in [0.25, 0.3) is 0 Å². The number of ether oxygens (including phenoxy) is 3. The maximum Gasteiger partial charge on any atom is 0.311 e. The summed E-state index contributed by atoms with van der Waals surface area (Å²) in [7, 11) is 1.52. The minimum atomic E-state index is -0.383. The van der Waals surface area contributed by atoms with E-state index in [-0.39, 0.29) is 24.8 Å². The van der Waals surface area contributed by atoms with E-state index in [9.17, 15) is 9.59 Å². The summed E-state index contributed by atoms with van der Waals surface area (Å²) in [5, 5.41) is 0. The highest BCUT2D eigenvalue weighted by Crippen LogP contribution is 2.26. The number of hydrogen-bond donors (Lipinski definition) is 0. The number of rotatable bonds is 12. The third-order valence-electron chi connectivity index (χ3n) is 4.08. The Morgan fingerprint density at radius 3 is 2.32 bits per heavy atom. The lowest BCUT2D eigenvalue weighted by molar-refractivity contribution is -0.145. The molecule has 0 bridgehead atoms. The van der Waals surface area contributed by atoms with Gasteiger partial charge in [0.15, 0.2) is 11.5 Å². The molecule has 0 radical (unpaired) electrons. The molecule has 0 heterocycles. The van der Waals surface area contributed by atoms with Crippen LogP contribution in [-0.4, -0.2) is 25.7 Å². The van der Waals surface area contributed by atoms with E-state index < -0.39 is 0 Å². The van der Waals surface area contributed by atoms with E-state index in [2.05, 4.69) is 13.8 Å². The highest BCUT2D eigenvalue weighted by Gasteiger charge is 2.13. The molecule has 0 aliphatic rings. The Bertz CT molecular complexity index is 527. The van der Waals surface area contributed by atoms with Crippen molar-refractivity contribution in [3.8, 4) is 11.5 Å². The van der Waals surface area contributed by atoms with E-state index >= 15 is 0 Å². The molecule has 0 amide bonds. The number of hydrogen-bond acceptors (Lipinski definition) is 5. The summed E-state index contributed by atoms with van der Waals surface area (Å²) in [6, 6.07) is 6.97. The van der Waals surface area contributed by atoms with Crippen molar-refractivity contribution in [2.45, 2.75) is 58.8 Å². The topological polar surface area (TPSA) is 61.8 Å². The van der Waals surface area contributed by atoms with E-state index in [0.29, 0.717) is 30.4 Å². The maximum absolute atomic E-state index is 11.9. The zero-order chi connectivity index (χ0) is 18.5. The Morgan fingerprint density at radius 1 is 1.00 bits per heavy atom. The summed E-state index contributed by atoms with van der Waals surface area (Å²) >= 11 is 0. The van der Waals surface area contributed by atoms with Gasteiger partial charge in [-0.2, -0.15) is 0 Å². The molecule has 0 spiro atoms. The first-order chi connectivity index (χ1) is 12.1. The minimum absolute atomic E-state index is 0.167. The van der Waals surface area contributed by atoms with Crippen LogP contribution in [0.1, 0.15) is 58.8 Å². The van der Waals surface area contributed by atoms with Gasteiger partial charge in [-0.1, -0.05) is 45.2 Å². The number of esters is 2. The number of unbranched alkanes of at least 4 members (excludes halogenated alkanes) is 1. The third kappa shape index (κ3) is 8.57. The van der Waals surface area contributed by atoms with Gasteiger partial charge in [-0.3, -0.25) is 9.59 Å². The fourth-order valence-corrected chi connectivity index (χ4v) is 2.43. The van der Waals surface area contributed by atoms with E-state index in [0.717, 1.165) is 25.7 Å². The van der Waals surface area contributed by atoms with E-state index in [1.165, 1.54) is 7.11 Å². The van der Waals surface area contributed by atoms with Crippen molar-refractivity contribution < 1.29 is 23.8 Å². The van der Waals surface area contributed by atoms with Crippen molar-refractivity contribution in [1.82, 2.24) is 0 Å². The smallest absolute Gasteiger partial charge is 0.311 e. The molecule has 1 atom stereocenters. The molecule has 25 heavy (non-hydrogen) atoms. The molecule has 0 aliphatic heterocycles. The van der Waals surface area contributed by atoms with Gasteiger partial charge in [0, 0.05) is 12.8 Å². The molecular formula is C20H30O5. The molecule has 5 heteroatoms. The van der Waals surface area contributed by atoms with E-state index in [1.807, 2.05) is 0 Å². The van der Waals surface area contributed by atoms with Crippen molar-refractivity contribution in [1.29, 1.82) is 0 Å². The van der Waals surface area contributed by atoms with Crippen LogP contribution < -0.4 is 9.47 Å². The average molecular weight is 350 g/mol. The zero-order valence-corrected chi connectivity index (χ0v) is 15.6. The second kappa shape index (κ2) is 12.3. The quantitative estimate of drug-likeness (QED) is 0.409. The lowest BCUT2D eigenvalue weighted by Gasteiger charge is -2.14. The highest BCUT2D eigenvalue weighted by atomic mass is 16.6. The molecule has 1 aromatic carbocycles. The van der Waals surface area contributed by atoms with Crippen LogP contribution in [0.3, 0.4) is 0 Å². The van der Waals surface area contributed by atoms with Gasteiger partial charge in [-0.25, -0.2) is 0 Å². The van der Waals surface area contributed by atoms with Crippen LogP contribution in [0, 0.1) is 5.92 Å². The molecule has 0 saturated heterocycles. The van der Waals surface area contributed by atoms with Crippen molar-refractivity contribution in [2.24, 2.45) is 5.92 Å².